The molecule has 2 aromatic heterocycles. The van der Waals surface area contributed by atoms with Crippen LogP contribution in [0, 0.1) is 0 Å². The van der Waals surface area contributed by atoms with E-state index >= 15 is 0 Å². The van der Waals surface area contributed by atoms with Crippen LogP contribution < -0.4 is 5.73 Å². The van der Waals surface area contributed by atoms with Gasteiger partial charge in [0.15, 0.2) is 11.5 Å². The number of hydrogen-bond donors (Lipinski definition) is 2. The van der Waals surface area contributed by atoms with Gasteiger partial charge in [-0.05, 0) is 11.3 Å². The van der Waals surface area contributed by atoms with E-state index in [-0.39, 0.29) is 17.7 Å². The van der Waals surface area contributed by atoms with Crippen molar-refractivity contribution in [1.29, 1.82) is 0 Å². The third kappa shape index (κ3) is 2.68. The summed E-state index contributed by atoms with van der Waals surface area (Å²) in [6.07, 6.45) is 1.90. The molecule has 11 heteroatoms. The highest BCUT2D eigenvalue weighted by atomic mass is 32.2. The van der Waals surface area contributed by atoms with E-state index in [1.165, 1.54) is 6.33 Å². The summed E-state index contributed by atoms with van der Waals surface area (Å²) in [7, 11) is 0. The third-order valence-corrected chi connectivity index (χ3v) is 4.93. The van der Waals surface area contributed by atoms with Crippen molar-refractivity contribution in [2.45, 2.75) is 30.5 Å². The Morgan fingerprint density at radius 3 is 3.04 bits per heavy atom. The number of aliphatic hydroxyl groups excluding tert-OH is 1. The molecule has 3 rings (SSSR count). The van der Waals surface area contributed by atoms with Crippen LogP contribution in [-0.2, 0) is 4.74 Å². The number of aliphatic hydroxyl groups is 1. The number of azide groups is 1. The lowest BCUT2D eigenvalue weighted by atomic mass is 10.1. The molecule has 2 aromatic rings. The summed E-state index contributed by atoms with van der Waals surface area (Å²) in [5.74, 6) is 1.10. The van der Waals surface area contributed by atoms with Crippen molar-refractivity contribution in [3.05, 3.63) is 23.1 Å². The summed E-state index contributed by atoms with van der Waals surface area (Å²) in [5.41, 5.74) is 15.7. The quantitative estimate of drug-likeness (QED) is 0.471. The molecule has 3 heterocycles. The predicted molar refractivity (Wildman–Crippen MR) is 85.6 cm³/mol. The smallest absolute Gasteiger partial charge is 0.167 e. The van der Waals surface area contributed by atoms with Gasteiger partial charge in [-0.3, -0.25) is 4.57 Å². The highest BCUT2D eigenvalue weighted by molar-refractivity contribution is 7.99. The summed E-state index contributed by atoms with van der Waals surface area (Å²) in [6, 6.07) is -0.475. The van der Waals surface area contributed by atoms with Gasteiger partial charge in [-0.2, -0.15) is 11.8 Å². The number of fused-ring (bicyclic) bond motifs is 1. The van der Waals surface area contributed by atoms with Crippen LogP contribution in [0.1, 0.15) is 13.2 Å². The highest BCUT2D eigenvalue weighted by Crippen LogP contribution is 2.40. The third-order valence-electron chi connectivity index (χ3n) is 3.70. The molecule has 4 atom stereocenters. The minimum absolute atomic E-state index is 0.165. The van der Waals surface area contributed by atoms with E-state index in [9.17, 15) is 5.11 Å². The van der Waals surface area contributed by atoms with Gasteiger partial charge in [0.1, 0.15) is 18.1 Å². The number of thioether (sulfide) groups is 1. The van der Waals surface area contributed by atoms with E-state index in [0.717, 1.165) is 5.75 Å². The van der Waals surface area contributed by atoms with Crippen LogP contribution in [0.4, 0.5) is 5.82 Å². The second kappa shape index (κ2) is 6.59. The van der Waals surface area contributed by atoms with Crippen LogP contribution in [0.15, 0.2) is 17.8 Å². The highest BCUT2D eigenvalue weighted by Gasteiger charge is 2.45. The first kappa shape index (κ1) is 15.8. The zero-order valence-electron chi connectivity index (χ0n) is 12.3. The summed E-state index contributed by atoms with van der Waals surface area (Å²) >= 11 is 1.60. The Bertz CT molecular complexity index is 746. The van der Waals surface area contributed by atoms with Gasteiger partial charge in [-0.25, -0.2) is 15.0 Å². The first-order valence-electron chi connectivity index (χ1n) is 7.06. The first-order valence-corrected chi connectivity index (χ1v) is 8.11. The van der Waals surface area contributed by atoms with Crippen molar-refractivity contribution in [1.82, 2.24) is 19.5 Å². The average molecular weight is 336 g/mol. The molecule has 0 bridgehead atoms. The number of ether oxygens (including phenoxy) is 1. The maximum absolute atomic E-state index is 9.53. The van der Waals surface area contributed by atoms with E-state index in [4.69, 9.17) is 16.0 Å². The van der Waals surface area contributed by atoms with Crippen molar-refractivity contribution >= 4 is 28.7 Å². The first-order chi connectivity index (χ1) is 11.2. The predicted octanol–water partition coefficient (Wildman–Crippen LogP) is 1.10. The molecule has 0 saturated carbocycles. The number of nitrogen functional groups attached to an aromatic ring is 1. The fourth-order valence-electron chi connectivity index (χ4n) is 2.72. The Balaban J connectivity index is 2.05. The zero-order chi connectivity index (χ0) is 16.4. The molecule has 1 fully saturated rings. The molecule has 0 amide bonds. The van der Waals surface area contributed by atoms with Gasteiger partial charge >= 0.3 is 0 Å². The second-order valence-electron chi connectivity index (χ2n) is 4.95. The van der Waals surface area contributed by atoms with Gasteiger partial charge in [0.05, 0.1) is 30.3 Å². The van der Waals surface area contributed by atoms with Crippen LogP contribution in [0.25, 0.3) is 21.6 Å². The lowest BCUT2D eigenvalue weighted by Gasteiger charge is -2.20. The van der Waals surface area contributed by atoms with Crippen molar-refractivity contribution in [2.75, 3.05) is 18.1 Å². The van der Waals surface area contributed by atoms with Gasteiger partial charge < -0.3 is 15.6 Å². The van der Waals surface area contributed by atoms with Crippen LogP contribution in [0.5, 0.6) is 0 Å². The molecule has 1 saturated heterocycles. The molecule has 0 aromatic carbocycles. The maximum atomic E-state index is 9.53. The van der Waals surface area contributed by atoms with Crippen LogP contribution >= 0.6 is 11.8 Å². The fourth-order valence-corrected chi connectivity index (χ4v) is 3.89. The maximum Gasteiger partial charge on any atom is 0.167 e. The number of imidazole rings is 1. The summed E-state index contributed by atoms with van der Waals surface area (Å²) < 4.78 is 7.67. The Hall–Kier alpha value is -2.07. The normalized spacial score (nSPS) is 27.2. The van der Waals surface area contributed by atoms with Crippen LogP contribution in [0.3, 0.4) is 0 Å². The Morgan fingerprint density at radius 1 is 1.52 bits per heavy atom. The van der Waals surface area contributed by atoms with Crippen molar-refractivity contribution in [3.8, 4) is 0 Å². The minimum atomic E-state index is -0.573. The molecule has 0 unspecified atom stereocenters. The van der Waals surface area contributed by atoms with E-state index in [2.05, 4.69) is 25.0 Å². The van der Waals surface area contributed by atoms with Gasteiger partial charge in [-0.15, -0.1) is 0 Å². The Labute approximate surface area is 135 Å². The molecular formula is C12H16N8O2S. The van der Waals surface area contributed by atoms with Crippen molar-refractivity contribution in [3.63, 3.8) is 0 Å². The second-order valence-corrected chi connectivity index (χ2v) is 6.40. The number of aromatic nitrogens is 4. The molecule has 122 valence electrons. The van der Waals surface area contributed by atoms with Crippen LogP contribution in [0.2, 0.25) is 0 Å². The number of nitrogens with zero attached hydrogens (tertiary/aromatic N) is 7. The lowest BCUT2D eigenvalue weighted by molar-refractivity contribution is -0.0223. The standard InChI is InChI=1S/C12H16N8O2S/c1-2-23-9-7(18-19-14)6(3-21)22-12(9)20-5-17-8-10(13)15-4-16-11(8)20/h4-7,9,12,21H,2-3H2,1H3,(H2,13,15,16)/t6-,7-,9+,12-/m0/s1. The van der Waals surface area contributed by atoms with Crippen molar-refractivity contribution in [2.24, 2.45) is 5.11 Å². The molecule has 23 heavy (non-hydrogen) atoms. The number of anilines is 1. The van der Waals surface area contributed by atoms with Gasteiger partial charge in [0.25, 0.3) is 0 Å². The number of hydrogen-bond acceptors (Lipinski definition) is 8. The number of nitrogens with two attached hydrogens (primary N) is 1. The molecule has 10 nitrogen and oxygen atoms in total. The van der Waals surface area contributed by atoms with Gasteiger partial charge in [-0.1, -0.05) is 12.0 Å². The largest absolute Gasteiger partial charge is 0.394 e. The van der Waals surface area contributed by atoms with Crippen LogP contribution in [-0.4, -0.2) is 54.4 Å². The van der Waals surface area contributed by atoms with E-state index < -0.39 is 18.4 Å². The monoisotopic (exact) mass is 336 g/mol. The summed E-state index contributed by atoms with van der Waals surface area (Å²) in [6.45, 7) is 1.78. The Kier molecular flexibility index (Phi) is 4.53. The molecule has 0 radical (unpaired) electrons. The minimum Gasteiger partial charge on any atom is -0.394 e. The zero-order valence-corrected chi connectivity index (χ0v) is 13.2. The summed E-state index contributed by atoms with van der Waals surface area (Å²) in [5, 5.41) is 13.2. The van der Waals surface area contributed by atoms with Gasteiger partial charge in [0, 0.05) is 4.91 Å². The van der Waals surface area contributed by atoms with E-state index in [1.54, 1.807) is 22.7 Å². The van der Waals surface area contributed by atoms with E-state index in [1.807, 2.05) is 6.92 Å². The average Bonchev–Trinajstić information content (AvgIpc) is 3.11. The molecule has 0 spiro atoms. The lowest BCUT2D eigenvalue weighted by Crippen LogP contribution is -2.29. The fraction of sp³-hybridized carbons (Fsp3) is 0.583. The number of rotatable bonds is 5. The molecule has 0 aliphatic carbocycles. The van der Waals surface area contributed by atoms with Gasteiger partial charge in [0.2, 0.25) is 0 Å². The molecule has 1 aliphatic rings. The molecule has 3 N–H and O–H groups in total. The molecular weight excluding hydrogens is 320 g/mol. The molecule has 1 aliphatic heterocycles. The SMILES string of the molecule is CCS[C@@H]1[C@@H](N=[N+]=[N-])[C@H](CO)O[C@@H]1n1cnc2c(N)ncnc21. The summed E-state index contributed by atoms with van der Waals surface area (Å²) in [4.78, 5) is 15.3. The topological polar surface area (TPSA) is 148 Å². The van der Waals surface area contributed by atoms with E-state index in [0.29, 0.717) is 11.2 Å². The van der Waals surface area contributed by atoms with Crippen molar-refractivity contribution < 1.29 is 9.84 Å². The Morgan fingerprint density at radius 2 is 2.35 bits per heavy atom.